The molecule has 0 fully saturated rings. The highest BCUT2D eigenvalue weighted by Gasteiger charge is 2.34. The molecule has 182 valence electrons. The summed E-state index contributed by atoms with van der Waals surface area (Å²) >= 11 is 0. The second-order valence-electron chi connectivity index (χ2n) is 10.3. The van der Waals surface area contributed by atoms with Gasteiger partial charge in [0.25, 0.3) is 0 Å². The van der Waals surface area contributed by atoms with Gasteiger partial charge in [0, 0.05) is 33.1 Å². The molecule has 0 saturated heterocycles. The molecule has 0 unspecified atom stereocenters. The number of para-hydroxylation sites is 2. The third kappa shape index (κ3) is 3.67. The van der Waals surface area contributed by atoms with Gasteiger partial charge in [-0.25, -0.2) is 9.97 Å². The predicted molar refractivity (Wildman–Crippen MR) is 154 cm³/mol. The van der Waals surface area contributed by atoms with Gasteiger partial charge in [-0.1, -0.05) is 111 Å². The minimum atomic E-state index is -0.146. The molecule has 0 amide bonds. The lowest BCUT2D eigenvalue weighted by atomic mass is 9.75. The molecule has 1 aliphatic rings. The molecule has 0 radical (unpaired) electrons. The summed E-state index contributed by atoms with van der Waals surface area (Å²) in [5.74, 6) is 2.59. The van der Waals surface area contributed by atoms with E-state index >= 15 is 0 Å². The molecule has 3 nitrogen and oxygen atoms in total. The molecule has 1 aromatic heterocycles. The maximum absolute atomic E-state index is 6.25. The minimum absolute atomic E-state index is 0.146. The highest BCUT2D eigenvalue weighted by molar-refractivity contribution is 5.93. The number of hydrogen-bond acceptors (Lipinski definition) is 3. The maximum atomic E-state index is 6.25. The summed E-state index contributed by atoms with van der Waals surface area (Å²) in [6.07, 6.45) is 0. The fourth-order valence-corrected chi connectivity index (χ4v) is 5.46. The summed E-state index contributed by atoms with van der Waals surface area (Å²) in [6, 6.07) is 41.9. The van der Waals surface area contributed by atoms with Crippen LogP contribution in [0.3, 0.4) is 0 Å². The van der Waals surface area contributed by atoms with E-state index in [9.17, 15) is 0 Å². The average Bonchev–Trinajstić information content (AvgIpc) is 2.97. The van der Waals surface area contributed by atoms with E-state index in [1.54, 1.807) is 0 Å². The maximum Gasteiger partial charge on any atom is 0.160 e. The molecular formula is C35H26N2O. The van der Waals surface area contributed by atoms with Crippen LogP contribution in [0.1, 0.15) is 25.0 Å². The standard InChI is InChI=1S/C35H26N2O/c1-35(2)28-13-7-9-15-31(28)38-32-21-20-26(22-29(32)35)23-16-18-25(19-17-23)34-36-30-14-8-6-12-27(30)33(37-34)24-10-4-3-5-11-24/h3-22H,1-2H3. The van der Waals surface area contributed by atoms with E-state index in [0.717, 1.165) is 56.2 Å². The van der Waals surface area contributed by atoms with Crippen molar-refractivity contribution in [2.75, 3.05) is 0 Å². The van der Waals surface area contributed by atoms with E-state index in [1.807, 2.05) is 42.5 Å². The van der Waals surface area contributed by atoms with Crippen LogP contribution in [0.15, 0.2) is 121 Å². The van der Waals surface area contributed by atoms with Crippen LogP contribution >= 0.6 is 0 Å². The lowest BCUT2D eigenvalue weighted by molar-refractivity contribution is 0.418. The lowest BCUT2D eigenvalue weighted by Gasteiger charge is -2.34. The van der Waals surface area contributed by atoms with Gasteiger partial charge in [0.05, 0.1) is 11.2 Å². The van der Waals surface area contributed by atoms with Crippen molar-refractivity contribution >= 4 is 10.9 Å². The molecule has 2 heterocycles. The largest absolute Gasteiger partial charge is 0.457 e. The van der Waals surface area contributed by atoms with E-state index in [-0.39, 0.29) is 5.41 Å². The van der Waals surface area contributed by atoms with Gasteiger partial charge >= 0.3 is 0 Å². The van der Waals surface area contributed by atoms with Gasteiger partial charge in [0.1, 0.15) is 11.5 Å². The second-order valence-corrected chi connectivity index (χ2v) is 10.3. The molecule has 0 bridgehead atoms. The summed E-state index contributed by atoms with van der Waals surface area (Å²) in [5.41, 5.74) is 8.55. The Bertz CT molecular complexity index is 1800. The van der Waals surface area contributed by atoms with Crippen molar-refractivity contribution < 1.29 is 4.74 Å². The first kappa shape index (κ1) is 22.4. The predicted octanol–water partition coefficient (Wildman–Crippen LogP) is 9.06. The van der Waals surface area contributed by atoms with Gasteiger partial charge < -0.3 is 4.74 Å². The third-order valence-electron chi connectivity index (χ3n) is 7.56. The first-order valence-corrected chi connectivity index (χ1v) is 12.9. The lowest BCUT2D eigenvalue weighted by Crippen LogP contribution is -2.24. The van der Waals surface area contributed by atoms with Gasteiger partial charge in [0.15, 0.2) is 5.82 Å². The van der Waals surface area contributed by atoms with Crippen LogP contribution in [0, 0.1) is 0 Å². The molecule has 0 atom stereocenters. The molecule has 6 aromatic rings. The smallest absolute Gasteiger partial charge is 0.160 e. The minimum Gasteiger partial charge on any atom is -0.457 e. The Labute approximate surface area is 222 Å². The van der Waals surface area contributed by atoms with Gasteiger partial charge in [-0.05, 0) is 35.4 Å². The van der Waals surface area contributed by atoms with Crippen LogP contribution in [-0.4, -0.2) is 9.97 Å². The summed E-state index contributed by atoms with van der Waals surface area (Å²) in [7, 11) is 0. The van der Waals surface area contributed by atoms with Crippen LogP contribution in [0.25, 0.3) is 44.7 Å². The van der Waals surface area contributed by atoms with Gasteiger partial charge in [-0.15, -0.1) is 0 Å². The van der Waals surface area contributed by atoms with Crippen LogP contribution in [0.2, 0.25) is 0 Å². The SMILES string of the molecule is CC1(C)c2ccccc2Oc2ccc(-c3ccc(-c4nc(-c5ccccc5)c5ccccc5n4)cc3)cc21. The third-order valence-corrected chi connectivity index (χ3v) is 7.56. The van der Waals surface area contributed by atoms with Crippen LogP contribution in [-0.2, 0) is 5.41 Å². The first-order valence-electron chi connectivity index (χ1n) is 12.9. The van der Waals surface area contributed by atoms with Gasteiger partial charge in [-0.3, -0.25) is 0 Å². The fourth-order valence-electron chi connectivity index (χ4n) is 5.46. The molecule has 0 spiro atoms. The van der Waals surface area contributed by atoms with Crippen molar-refractivity contribution in [1.82, 2.24) is 9.97 Å². The average molecular weight is 491 g/mol. The summed E-state index contributed by atoms with van der Waals surface area (Å²) in [4.78, 5) is 9.92. The fraction of sp³-hybridized carbons (Fsp3) is 0.0857. The second kappa shape index (κ2) is 8.67. The summed E-state index contributed by atoms with van der Waals surface area (Å²) in [6.45, 7) is 4.53. The molecule has 0 N–H and O–H groups in total. The number of hydrogen-bond donors (Lipinski definition) is 0. The van der Waals surface area contributed by atoms with Crippen molar-refractivity contribution in [2.24, 2.45) is 0 Å². The molecule has 5 aromatic carbocycles. The van der Waals surface area contributed by atoms with E-state index in [0.29, 0.717) is 0 Å². The number of aromatic nitrogens is 2. The van der Waals surface area contributed by atoms with E-state index in [2.05, 4.69) is 92.7 Å². The molecule has 38 heavy (non-hydrogen) atoms. The van der Waals surface area contributed by atoms with E-state index < -0.39 is 0 Å². The number of ether oxygens (including phenoxy) is 1. The Morgan fingerprint density at radius 2 is 1.18 bits per heavy atom. The Kier molecular flexibility index (Phi) is 5.12. The normalized spacial score (nSPS) is 13.4. The molecule has 0 saturated carbocycles. The molecule has 1 aliphatic heterocycles. The Hall–Kier alpha value is -4.76. The highest BCUT2D eigenvalue weighted by Crippen LogP contribution is 2.48. The molecule has 3 heteroatoms. The van der Waals surface area contributed by atoms with Gasteiger partial charge in [-0.2, -0.15) is 0 Å². The summed E-state index contributed by atoms with van der Waals surface area (Å²) in [5, 5.41) is 1.06. The van der Waals surface area contributed by atoms with E-state index in [1.165, 1.54) is 11.1 Å². The van der Waals surface area contributed by atoms with E-state index in [4.69, 9.17) is 14.7 Å². The number of rotatable bonds is 3. The topological polar surface area (TPSA) is 35.0 Å². The van der Waals surface area contributed by atoms with Gasteiger partial charge in [0.2, 0.25) is 0 Å². The zero-order valence-electron chi connectivity index (χ0n) is 21.3. The number of benzene rings is 5. The summed E-state index contributed by atoms with van der Waals surface area (Å²) < 4.78 is 6.25. The van der Waals surface area contributed by atoms with Crippen LogP contribution in [0.4, 0.5) is 0 Å². The zero-order valence-corrected chi connectivity index (χ0v) is 21.3. The monoisotopic (exact) mass is 490 g/mol. The van der Waals surface area contributed by atoms with Crippen molar-refractivity contribution in [3.8, 4) is 45.3 Å². The molecular weight excluding hydrogens is 464 g/mol. The van der Waals surface area contributed by atoms with Crippen molar-refractivity contribution in [1.29, 1.82) is 0 Å². The Morgan fingerprint density at radius 3 is 2.03 bits per heavy atom. The number of nitrogens with zero attached hydrogens (tertiary/aromatic N) is 2. The van der Waals surface area contributed by atoms with Crippen molar-refractivity contribution in [3.63, 3.8) is 0 Å². The van der Waals surface area contributed by atoms with Crippen molar-refractivity contribution in [3.05, 3.63) is 132 Å². The van der Waals surface area contributed by atoms with Crippen molar-refractivity contribution in [2.45, 2.75) is 19.3 Å². The zero-order chi connectivity index (χ0) is 25.7. The number of fused-ring (bicyclic) bond motifs is 3. The molecule has 7 rings (SSSR count). The highest BCUT2D eigenvalue weighted by atomic mass is 16.5. The Morgan fingerprint density at radius 1 is 0.526 bits per heavy atom. The van der Waals surface area contributed by atoms with Crippen LogP contribution < -0.4 is 4.74 Å². The Balaban J connectivity index is 1.27. The molecule has 0 aliphatic carbocycles. The first-order chi connectivity index (χ1) is 18.6. The van der Waals surface area contributed by atoms with Crippen LogP contribution in [0.5, 0.6) is 11.5 Å². The quantitative estimate of drug-likeness (QED) is 0.248.